The molecule has 0 bridgehead atoms. The summed E-state index contributed by atoms with van der Waals surface area (Å²) >= 11 is 1.58. The third-order valence-corrected chi connectivity index (χ3v) is 5.04. The Balaban J connectivity index is 1.94. The molecule has 6 nitrogen and oxygen atoms in total. The van der Waals surface area contributed by atoms with Gasteiger partial charge in [-0.15, -0.1) is 11.3 Å². The number of rotatable bonds is 5. The topological polar surface area (TPSA) is 60.9 Å². The van der Waals surface area contributed by atoms with Crippen molar-refractivity contribution in [2.75, 3.05) is 27.9 Å². The Morgan fingerprint density at radius 3 is 2.46 bits per heavy atom. The highest BCUT2D eigenvalue weighted by molar-refractivity contribution is 7.09. The van der Waals surface area contributed by atoms with Crippen LogP contribution in [0.4, 0.5) is 0 Å². The molecule has 1 unspecified atom stereocenters. The molecule has 1 aliphatic heterocycles. The fourth-order valence-corrected chi connectivity index (χ4v) is 3.82. The molecule has 0 spiro atoms. The van der Waals surface area contributed by atoms with Crippen LogP contribution in [0.3, 0.4) is 0 Å². The van der Waals surface area contributed by atoms with Gasteiger partial charge in [0, 0.05) is 23.7 Å². The third kappa shape index (κ3) is 2.91. The second-order valence-corrected chi connectivity index (χ2v) is 6.37. The lowest BCUT2D eigenvalue weighted by atomic mass is 10.1. The van der Waals surface area contributed by atoms with E-state index >= 15 is 0 Å². The molecule has 0 radical (unpaired) electrons. The lowest BCUT2D eigenvalue weighted by molar-refractivity contribution is 0.0734. The Kier molecular flexibility index (Phi) is 4.89. The van der Waals surface area contributed by atoms with Crippen LogP contribution in [-0.4, -0.2) is 43.7 Å². The normalized spacial score (nSPS) is 17.0. The van der Waals surface area contributed by atoms with E-state index in [0.717, 1.165) is 24.4 Å². The van der Waals surface area contributed by atoms with Crippen LogP contribution in [0.2, 0.25) is 0 Å². The number of carbonyl (C=O) groups excluding carboxylic acids is 1. The summed E-state index contributed by atoms with van der Waals surface area (Å²) in [5.74, 6) is 1.39. The Bertz CT molecular complexity index is 692. The minimum Gasteiger partial charge on any atom is -0.493 e. The van der Waals surface area contributed by atoms with Crippen LogP contribution in [0, 0.1) is 0 Å². The number of hydrogen-bond acceptors (Lipinski definition) is 6. The zero-order chi connectivity index (χ0) is 17.1. The number of likely N-dealkylation sites (tertiary alicyclic amines) is 1. The highest BCUT2D eigenvalue weighted by Crippen LogP contribution is 2.40. The molecule has 0 aliphatic carbocycles. The third-order valence-electron chi connectivity index (χ3n) is 4.16. The van der Waals surface area contributed by atoms with Gasteiger partial charge in [0.15, 0.2) is 11.5 Å². The fraction of sp³-hybridized carbons (Fsp3) is 0.412. The first-order valence-corrected chi connectivity index (χ1v) is 8.58. The number of thiazole rings is 1. The molecular formula is C17H20N2O4S. The zero-order valence-corrected chi connectivity index (χ0v) is 14.8. The summed E-state index contributed by atoms with van der Waals surface area (Å²) in [6, 6.07) is 3.43. The van der Waals surface area contributed by atoms with Crippen LogP contribution in [0.15, 0.2) is 23.7 Å². The van der Waals surface area contributed by atoms with Crippen LogP contribution in [0.25, 0.3) is 0 Å². The minimum atomic E-state index is -0.0491. The van der Waals surface area contributed by atoms with E-state index in [0.29, 0.717) is 22.8 Å². The van der Waals surface area contributed by atoms with Crippen molar-refractivity contribution in [3.63, 3.8) is 0 Å². The van der Waals surface area contributed by atoms with Crippen LogP contribution < -0.4 is 14.2 Å². The fourth-order valence-electron chi connectivity index (χ4n) is 3.04. The zero-order valence-electron chi connectivity index (χ0n) is 13.9. The van der Waals surface area contributed by atoms with Crippen molar-refractivity contribution < 1.29 is 19.0 Å². The van der Waals surface area contributed by atoms with Gasteiger partial charge in [0.2, 0.25) is 5.75 Å². The number of ether oxygens (including phenoxy) is 3. The lowest BCUT2D eigenvalue weighted by Gasteiger charge is -2.24. The molecule has 0 N–H and O–H groups in total. The van der Waals surface area contributed by atoms with Gasteiger partial charge in [0.05, 0.1) is 27.4 Å². The van der Waals surface area contributed by atoms with Gasteiger partial charge in [-0.05, 0) is 25.0 Å². The van der Waals surface area contributed by atoms with Gasteiger partial charge in [-0.3, -0.25) is 4.79 Å². The van der Waals surface area contributed by atoms with Crippen molar-refractivity contribution in [3.8, 4) is 17.2 Å². The SMILES string of the molecule is COc1cc(C(=O)N2CCCC2c2nccs2)cc(OC)c1OC. The summed E-state index contributed by atoms with van der Waals surface area (Å²) in [7, 11) is 4.63. The smallest absolute Gasteiger partial charge is 0.254 e. The number of amides is 1. The Morgan fingerprint density at radius 2 is 1.92 bits per heavy atom. The molecule has 7 heteroatoms. The quantitative estimate of drug-likeness (QED) is 0.831. The van der Waals surface area contributed by atoms with E-state index in [1.165, 1.54) is 0 Å². The highest BCUT2D eigenvalue weighted by atomic mass is 32.1. The van der Waals surface area contributed by atoms with Gasteiger partial charge < -0.3 is 19.1 Å². The average Bonchev–Trinajstić information content (AvgIpc) is 3.30. The molecular weight excluding hydrogens is 328 g/mol. The molecule has 2 heterocycles. The van der Waals surface area contributed by atoms with Gasteiger partial charge >= 0.3 is 0 Å². The van der Waals surface area contributed by atoms with Crippen molar-refractivity contribution >= 4 is 17.2 Å². The molecule has 1 aromatic carbocycles. The molecule has 24 heavy (non-hydrogen) atoms. The van der Waals surface area contributed by atoms with Crippen LogP contribution in [0.5, 0.6) is 17.2 Å². The first-order chi connectivity index (χ1) is 11.7. The van der Waals surface area contributed by atoms with Gasteiger partial charge in [-0.2, -0.15) is 0 Å². The Hall–Kier alpha value is -2.28. The Labute approximate surface area is 145 Å². The van der Waals surface area contributed by atoms with Crippen molar-refractivity contribution in [1.29, 1.82) is 0 Å². The van der Waals surface area contributed by atoms with E-state index in [1.54, 1.807) is 51.0 Å². The van der Waals surface area contributed by atoms with E-state index in [2.05, 4.69) is 4.98 Å². The number of methoxy groups -OCH3 is 3. The summed E-state index contributed by atoms with van der Waals surface area (Å²) in [6.07, 6.45) is 3.69. The molecule has 1 amide bonds. The maximum atomic E-state index is 13.0. The molecule has 2 aromatic rings. The Morgan fingerprint density at radius 1 is 1.21 bits per heavy atom. The molecule has 1 aliphatic rings. The van der Waals surface area contributed by atoms with Crippen LogP contribution >= 0.6 is 11.3 Å². The molecule has 1 fully saturated rings. The lowest BCUT2D eigenvalue weighted by Crippen LogP contribution is -2.30. The van der Waals surface area contributed by atoms with E-state index in [1.807, 2.05) is 10.3 Å². The number of carbonyl (C=O) groups is 1. The van der Waals surface area contributed by atoms with Gasteiger partial charge in [-0.25, -0.2) is 4.98 Å². The predicted molar refractivity (Wildman–Crippen MR) is 91.2 cm³/mol. The molecule has 1 saturated heterocycles. The number of benzene rings is 1. The predicted octanol–water partition coefficient (Wildman–Crippen LogP) is 3.15. The maximum Gasteiger partial charge on any atom is 0.254 e. The number of aromatic nitrogens is 1. The van der Waals surface area contributed by atoms with Gasteiger partial charge in [0.25, 0.3) is 5.91 Å². The second-order valence-electron chi connectivity index (χ2n) is 5.44. The average molecular weight is 348 g/mol. The first kappa shape index (κ1) is 16.6. The van der Waals surface area contributed by atoms with E-state index in [9.17, 15) is 4.79 Å². The van der Waals surface area contributed by atoms with E-state index < -0.39 is 0 Å². The summed E-state index contributed by atoms with van der Waals surface area (Å²) < 4.78 is 16.0. The van der Waals surface area contributed by atoms with E-state index in [4.69, 9.17) is 14.2 Å². The monoisotopic (exact) mass is 348 g/mol. The molecule has 1 atom stereocenters. The van der Waals surface area contributed by atoms with Crippen molar-refractivity contribution in [2.45, 2.75) is 18.9 Å². The van der Waals surface area contributed by atoms with Crippen molar-refractivity contribution in [3.05, 3.63) is 34.3 Å². The minimum absolute atomic E-state index is 0.0385. The largest absolute Gasteiger partial charge is 0.493 e. The summed E-state index contributed by atoms with van der Waals surface area (Å²) in [5, 5.41) is 2.92. The second kappa shape index (κ2) is 7.09. The molecule has 128 valence electrons. The van der Waals surface area contributed by atoms with Crippen molar-refractivity contribution in [2.24, 2.45) is 0 Å². The van der Waals surface area contributed by atoms with Crippen LogP contribution in [0.1, 0.15) is 34.2 Å². The number of nitrogens with zero attached hydrogens (tertiary/aromatic N) is 2. The molecule has 3 rings (SSSR count). The van der Waals surface area contributed by atoms with Crippen molar-refractivity contribution in [1.82, 2.24) is 9.88 Å². The van der Waals surface area contributed by atoms with Gasteiger partial charge in [0.1, 0.15) is 5.01 Å². The highest BCUT2D eigenvalue weighted by Gasteiger charge is 2.33. The summed E-state index contributed by atoms with van der Waals surface area (Å²) in [4.78, 5) is 19.3. The molecule has 0 saturated carbocycles. The maximum absolute atomic E-state index is 13.0. The van der Waals surface area contributed by atoms with Crippen LogP contribution in [-0.2, 0) is 0 Å². The molecule has 1 aromatic heterocycles. The first-order valence-electron chi connectivity index (χ1n) is 7.70. The van der Waals surface area contributed by atoms with E-state index in [-0.39, 0.29) is 11.9 Å². The summed E-state index contributed by atoms with van der Waals surface area (Å²) in [5.41, 5.74) is 0.521. The summed E-state index contributed by atoms with van der Waals surface area (Å²) in [6.45, 7) is 0.722. The van der Waals surface area contributed by atoms with Gasteiger partial charge in [-0.1, -0.05) is 0 Å². The standard InChI is InChI=1S/C17H20N2O4S/c1-21-13-9-11(10-14(22-2)15(13)23-3)17(20)19-7-4-5-12(19)16-18-6-8-24-16/h6,8-10,12H,4-5,7H2,1-3H3. The number of hydrogen-bond donors (Lipinski definition) is 0.